The summed E-state index contributed by atoms with van der Waals surface area (Å²) in [6.07, 6.45) is -3.77. The van der Waals surface area contributed by atoms with E-state index in [9.17, 15) is 13.2 Å². The zero-order chi connectivity index (χ0) is 17.5. The van der Waals surface area contributed by atoms with Crippen LogP contribution in [-0.2, 0) is 23.9 Å². The van der Waals surface area contributed by atoms with Crippen molar-refractivity contribution in [2.24, 2.45) is 0 Å². The van der Waals surface area contributed by atoms with Crippen molar-refractivity contribution in [1.82, 2.24) is 9.55 Å². The first kappa shape index (κ1) is 17.3. The molecular formula is C16H16BrF3N2O2. The maximum atomic E-state index is 13.0. The Morgan fingerprint density at radius 1 is 1.38 bits per heavy atom. The summed E-state index contributed by atoms with van der Waals surface area (Å²) in [5.74, 6) is 0.382. The molecule has 1 aromatic heterocycles. The number of methoxy groups -OCH3 is 1. The summed E-state index contributed by atoms with van der Waals surface area (Å²) < 4.78 is 52.4. The number of benzene rings is 1. The lowest BCUT2D eigenvalue weighted by Crippen LogP contribution is -2.15. The summed E-state index contributed by atoms with van der Waals surface area (Å²) in [6, 6.07) is 3.82. The van der Waals surface area contributed by atoms with Crippen molar-refractivity contribution in [3.05, 3.63) is 34.1 Å². The Hall–Kier alpha value is -1.54. The van der Waals surface area contributed by atoms with Crippen molar-refractivity contribution in [2.75, 3.05) is 13.7 Å². The number of hydrogen-bond donors (Lipinski definition) is 0. The van der Waals surface area contributed by atoms with E-state index in [1.54, 1.807) is 0 Å². The van der Waals surface area contributed by atoms with Crippen LogP contribution in [0.2, 0.25) is 0 Å². The minimum atomic E-state index is -4.46. The van der Waals surface area contributed by atoms with Gasteiger partial charge in [0.15, 0.2) is 0 Å². The molecular weight excluding hydrogens is 389 g/mol. The maximum Gasteiger partial charge on any atom is 0.419 e. The van der Waals surface area contributed by atoms with Gasteiger partial charge in [0, 0.05) is 12.0 Å². The zero-order valence-electron chi connectivity index (χ0n) is 13.2. The smallest absolute Gasteiger partial charge is 0.419 e. The Bertz CT molecular complexity index is 759. The summed E-state index contributed by atoms with van der Waals surface area (Å²) in [6.45, 7) is 3.13. The Morgan fingerprint density at radius 2 is 2.12 bits per heavy atom. The fourth-order valence-corrected chi connectivity index (χ4v) is 3.42. The van der Waals surface area contributed by atoms with E-state index in [0.29, 0.717) is 35.6 Å². The second-order valence-corrected chi connectivity index (χ2v) is 6.38. The lowest BCUT2D eigenvalue weighted by atomic mass is 10.1. The maximum absolute atomic E-state index is 13.0. The van der Waals surface area contributed by atoms with Gasteiger partial charge in [0.25, 0.3) is 0 Å². The van der Waals surface area contributed by atoms with Crippen LogP contribution in [-0.4, -0.2) is 29.4 Å². The van der Waals surface area contributed by atoms with Crippen LogP contribution in [0, 0.1) is 0 Å². The lowest BCUT2D eigenvalue weighted by Gasteiger charge is -2.15. The number of alkyl halides is 3. The summed E-state index contributed by atoms with van der Waals surface area (Å²) in [7, 11) is 1.23. The second kappa shape index (κ2) is 6.40. The molecule has 130 valence electrons. The van der Waals surface area contributed by atoms with Crippen molar-refractivity contribution in [3.63, 3.8) is 0 Å². The van der Waals surface area contributed by atoms with Crippen LogP contribution in [0.4, 0.5) is 13.2 Å². The van der Waals surface area contributed by atoms with Gasteiger partial charge in [-0.1, -0.05) is 6.07 Å². The van der Waals surface area contributed by atoms with Crippen molar-refractivity contribution < 1.29 is 22.6 Å². The SMILES string of the molecule is COc1cc(-c2nc(Br)c3n2CC(C)OCC3)ccc1C(F)(F)F. The second-order valence-electron chi connectivity index (χ2n) is 5.63. The predicted molar refractivity (Wildman–Crippen MR) is 86.0 cm³/mol. The topological polar surface area (TPSA) is 36.3 Å². The highest BCUT2D eigenvalue weighted by molar-refractivity contribution is 9.10. The molecule has 0 saturated carbocycles. The van der Waals surface area contributed by atoms with Gasteiger partial charge in [-0.2, -0.15) is 13.2 Å². The molecule has 0 aliphatic carbocycles. The quantitative estimate of drug-likeness (QED) is 0.748. The predicted octanol–water partition coefficient (Wildman–Crippen LogP) is 4.30. The van der Waals surface area contributed by atoms with Gasteiger partial charge in [-0.25, -0.2) is 4.98 Å². The fraction of sp³-hybridized carbons (Fsp3) is 0.438. The third-order valence-electron chi connectivity index (χ3n) is 3.97. The van der Waals surface area contributed by atoms with Crippen LogP contribution in [0.1, 0.15) is 18.2 Å². The van der Waals surface area contributed by atoms with Gasteiger partial charge in [0.1, 0.15) is 16.2 Å². The van der Waals surface area contributed by atoms with E-state index in [1.807, 2.05) is 11.5 Å². The Morgan fingerprint density at radius 3 is 2.79 bits per heavy atom. The highest BCUT2D eigenvalue weighted by Gasteiger charge is 2.34. The van der Waals surface area contributed by atoms with Crippen molar-refractivity contribution in [1.29, 1.82) is 0 Å². The molecule has 0 fully saturated rings. The third kappa shape index (κ3) is 3.17. The van der Waals surface area contributed by atoms with Gasteiger partial charge < -0.3 is 14.0 Å². The number of halogens is 4. The summed E-state index contributed by atoms with van der Waals surface area (Å²) >= 11 is 3.44. The molecule has 2 aromatic rings. The van der Waals surface area contributed by atoms with Crippen molar-refractivity contribution >= 4 is 15.9 Å². The Kier molecular flexibility index (Phi) is 4.61. The Balaban J connectivity index is 2.10. The van der Waals surface area contributed by atoms with Crippen LogP contribution in [0.5, 0.6) is 5.75 Å². The molecule has 0 radical (unpaired) electrons. The molecule has 1 atom stereocenters. The van der Waals surface area contributed by atoms with Gasteiger partial charge in [0.05, 0.1) is 37.6 Å². The van der Waals surface area contributed by atoms with E-state index in [2.05, 4.69) is 20.9 Å². The standard InChI is InChI=1S/C16H16BrF3N2O2/c1-9-8-22-12(5-6-24-9)14(17)21-15(22)10-3-4-11(16(18,19)20)13(7-10)23-2/h3-4,7,9H,5-6,8H2,1-2H3. The molecule has 1 aliphatic rings. The van der Waals surface area contributed by atoms with E-state index in [-0.39, 0.29) is 11.9 Å². The molecule has 0 bridgehead atoms. The molecule has 2 heterocycles. The summed E-state index contributed by atoms with van der Waals surface area (Å²) in [5.41, 5.74) is 0.751. The highest BCUT2D eigenvalue weighted by atomic mass is 79.9. The van der Waals surface area contributed by atoms with Crippen molar-refractivity contribution in [3.8, 4) is 17.1 Å². The molecule has 1 unspecified atom stereocenters. The van der Waals surface area contributed by atoms with E-state index >= 15 is 0 Å². The largest absolute Gasteiger partial charge is 0.496 e. The van der Waals surface area contributed by atoms with Gasteiger partial charge in [0.2, 0.25) is 0 Å². The number of imidazole rings is 1. The number of hydrogen-bond acceptors (Lipinski definition) is 3. The molecule has 0 spiro atoms. The molecule has 1 aliphatic heterocycles. The Labute approximate surface area is 145 Å². The number of rotatable bonds is 2. The van der Waals surface area contributed by atoms with E-state index < -0.39 is 11.7 Å². The van der Waals surface area contributed by atoms with Gasteiger partial charge >= 0.3 is 6.18 Å². The van der Waals surface area contributed by atoms with E-state index in [4.69, 9.17) is 9.47 Å². The molecule has 0 amide bonds. The number of nitrogens with zero attached hydrogens (tertiary/aromatic N) is 2. The van der Waals surface area contributed by atoms with Crippen LogP contribution in [0.25, 0.3) is 11.4 Å². The fourth-order valence-electron chi connectivity index (χ4n) is 2.84. The molecule has 24 heavy (non-hydrogen) atoms. The molecule has 4 nitrogen and oxygen atoms in total. The van der Waals surface area contributed by atoms with Crippen LogP contribution in [0.3, 0.4) is 0 Å². The molecule has 3 rings (SSSR count). The van der Waals surface area contributed by atoms with Crippen LogP contribution in [0.15, 0.2) is 22.8 Å². The number of fused-ring (bicyclic) bond motifs is 1. The normalized spacial score (nSPS) is 18.2. The molecule has 0 saturated heterocycles. The van der Waals surface area contributed by atoms with Crippen LogP contribution < -0.4 is 4.74 Å². The highest BCUT2D eigenvalue weighted by Crippen LogP contribution is 2.39. The minimum Gasteiger partial charge on any atom is -0.496 e. The summed E-state index contributed by atoms with van der Waals surface area (Å²) in [4.78, 5) is 4.49. The third-order valence-corrected chi connectivity index (χ3v) is 4.60. The molecule has 8 heteroatoms. The zero-order valence-corrected chi connectivity index (χ0v) is 14.7. The molecule has 1 aromatic carbocycles. The van der Waals surface area contributed by atoms with Gasteiger partial charge in [-0.3, -0.25) is 0 Å². The van der Waals surface area contributed by atoms with E-state index in [0.717, 1.165) is 11.8 Å². The van der Waals surface area contributed by atoms with Gasteiger partial charge in [-0.15, -0.1) is 0 Å². The van der Waals surface area contributed by atoms with E-state index in [1.165, 1.54) is 19.2 Å². The first-order valence-electron chi connectivity index (χ1n) is 7.43. The number of ether oxygens (including phenoxy) is 2. The summed E-state index contributed by atoms with van der Waals surface area (Å²) in [5, 5.41) is 0. The van der Waals surface area contributed by atoms with Crippen LogP contribution >= 0.6 is 15.9 Å². The monoisotopic (exact) mass is 404 g/mol. The first-order valence-corrected chi connectivity index (χ1v) is 8.22. The molecule has 0 N–H and O–H groups in total. The van der Waals surface area contributed by atoms with Gasteiger partial charge in [-0.05, 0) is 35.0 Å². The average Bonchev–Trinajstić information content (AvgIpc) is 2.70. The van der Waals surface area contributed by atoms with Crippen molar-refractivity contribution in [2.45, 2.75) is 32.2 Å². The number of aromatic nitrogens is 2. The lowest BCUT2D eigenvalue weighted by molar-refractivity contribution is -0.138. The average molecular weight is 405 g/mol. The minimum absolute atomic E-state index is 0.00226. The first-order chi connectivity index (χ1) is 11.3.